The van der Waals surface area contributed by atoms with Crippen LogP contribution in [-0.4, -0.2) is 52.6 Å². The lowest BCUT2D eigenvalue weighted by Gasteiger charge is -2.26. The predicted octanol–water partition coefficient (Wildman–Crippen LogP) is 10.5. The van der Waals surface area contributed by atoms with Crippen molar-refractivity contribution in [3.8, 4) is 23.0 Å². The van der Waals surface area contributed by atoms with Crippen molar-refractivity contribution in [1.29, 1.82) is 0 Å². The Morgan fingerprint density at radius 1 is 0.438 bits per heavy atom. The van der Waals surface area contributed by atoms with Gasteiger partial charge in [0, 0.05) is 26.2 Å². The summed E-state index contributed by atoms with van der Waals surface area (Å²) in [6, 6.07) is 21.4. The van der Waals surface area contributed by atoms with Gasteiger partial charge in [0.1, 0.15) is 34.4 Å². The molecule has 0 radical (unpaired) electrons. The van der Waals surface area contributed by atoms with Crippen molar-refractivity contribution < 1.29 is 18.9 Å². The molecule has 0 amide bonds. The topological polar surface area (TPSA) is 43.4 Å². The second-order valence-electron chi connectivity index (χ2n) is 11.3. The van der Waals surface area contributed by atoms with Crippen LogP contribution in [0.25, 0.3) is 35.1 Å². The first-order chi connectivity index (χ1) is 23.5. The molecule has 0 saturated heterocycles. The van der Waals surface area contributed by atoms with E-state index in [4.69, 9.17) is 18.9 Å². The lowest BCUT2D eigenvalue weighted by molar-refractivity contribution is 0.323. The summed E-state index contributed by atoms with van der Waals surface area (Å²) < 4.78 is 24.6. The van der Waals surface area contributed by atoms with Crippen LogP contribution >= 0.6 is 0 Å². The molecule has 4 rings (SSSR count). The smallest absolute Gasteiger partial charge is 0.147 e. The molecule has 0 aliphatic rings. The third kappa shape index (κ3) is 8.46. The summed E-state index contributed by atoms with van der Waals surface area (Å²) in [5, 5.41) is 2.38. The van der Waals surface area contributed by atoms with Crippen LogP contribution in [-0.2, 0) is 0 Å². The number of fused-ring (bicyclic) bond motifs is 1. The first-order valence-corrected chi connectivity index (χ1v) is 17.7. The first kappa shape index (κ1) is 36.3. The Morgan fingerprint density at radius 2 is 0.750 bits per heavy atom. The minimum Gasteiger partial charge on any atom is -0.492 e. The van der Waals surface area contributed by atoms with Gasteiger partial charge in [0.05, 0.1) is 26.4 Å². The zero-order chi connectivity index (χ0) is 34.5. The van der Waals surface area contributed by atoms with Gasteiger partial charge >= 0.3 is 0 Å². The summed E-state index contributed by atoms with van der Waals surface area (Å²) in [7, 11) is 0. The quantitative estimate of drug-likeness (QED) is 0.0999. The molecule has 0 unspecified atom stereocenters. The molecular weight excluding hydrogens is 596 g/mol. The van der Waals surface area contributed by atoms with E-state index >= 15 is 0 Å². The molecule has 0 heterocycles. The molecule has 0 aliphatic heterocycles. The Kier molecular flexibility index (Phi) is 13.7. The molecule has 0 saturated carbocycles. The van der Waals surface area contributed by atoms with E-state index in [-0.39, 0.29) is 0 Å². The molecule has 256 valence electrons. The largest absolute Gasteiger partial charge is 0.492 e. The van der Waals surface area contributed by atoms with Crippen LogP contribution in [0.3, 0.4) is 0 Å². The Bertz CT molecular complexity index is 1510. The zero-order valence-electron chi connectivity index (χ0n) is 30.3. The van der Waals surface area contributed by atoms with Crippen LogP contribution in [0.4, 0.5) is 11.4 Å². The van der Waals surface area contributed by atoms with Crippen molar-refractivity contribution in [2.45, 2.75) is 55.4 Å². The second-order valence-corrected chi connectivity index (χ2v) is 11.3. The standard InChI is InChI=1S/C42H54N2O4/c1-9-43(10-2)41-37(45-13-5)27-31(28-38(41)46-14-6)23-25-33-19-17-22-36-34(20-18-21-35(33)36)26-24-32-29-39(47-15-7)42(44(11-3)12-4)40(30-32)48-16-8/h17-30H,9-16H2,1-8H3/b25-23+,26-24+. The van der Waals surface area contributed by atoms with Crippen LogP contribution in [0, 0.1) is 0 Å². The average Bonchev–Trinajstić information content (AvgIpc) is 3.09. The molecule has 0 bridgehead atoms. The van der Waals surface area contributed by atoms with Crippen molar-refractivity contribution in [3.63, 3.8) is 0 Å². The number of rotatable bonds is 18. The fourth-order valence-electron chi connectivity index (χ4n) is 6.18. The maximum atomic E-state index is 6.14. The van der Waals surface area contributed by atoms with Crippen LogP contribution in [0.15, 0.2) is 60.7 Å². The van der Waals surface area contributed by atoms with Crippen molar-refractivity contribution in [3.05, 3.63) is 82.9 Å². The Morgan fingerprint density at radius 3 is 1.02 bits per heavy atom. The van der Waals surface area contributed by atoms with Crippen LogP contribution in [0.2, 0.25) is 0 Å². The average molecular weight is 651 g/mol. The molecule has 0 fully saturated rings. The maximum absolute atomic E-state index is 6.14. The first-order valence-electron chi connectivity index (χ1n) is 17.7. The highest BCUT2D eigenvalue weighted by atomic mass is 16.5. The van der Waals surface area contributed by atoms with Gasteiger partial charge in [0.2, 0.25) is 0 Å². The van der Waals surface area contributed by atoms with Gasteiger partial charge in [-0.05, 0) is 113 Å². The maximum Gasteiger partial charge on any atom is 0.147 e. The molecule has 0 aliphatic carbocycles. The lowest BCUT2D eigenvalue weighted by Crippen LogP contribution is -2.23. The second kappa shape index (κ2) is 18.1. The summed E-state index contributed by atoms with van der Waals surface area (Å²) in [5.74, 6) is 3.40. The number of ether oxygens (including phenoxy) is 4. The van der Waals surface area contributed by atoms with Gasteiger partial charge in [-0.25, -0.2) is 0 Å². The van der Waals surface area contributed by atoms with Gasteiger partial charge in [-0.2, -0.15) is 0 Å². The third-order valence-electron chi connectivity index (χ3n) is 8.38. The molecule has 4 aromatic carbocycles. The highest BCUT2D eigenvalue weighted by Crippen LogP contribution is 2.41. The number of anilines is 2. The van der Waals surface area contributed by atoms with Gasteiger partial charge in [0.25, 0.3) is 0 Å². The molecule has 0 aromatic heterocycles. The van der Waals surface area contributed by atoms with Gasteiger partial charge in [-0.1, -0.05) is 60.7 Å². The molecule has 4 aromatic rings. The van der Waals surface area contributed by atoms with Crippen LogP contribution in [0.1, 0.15) is 77.6 Å². The van der Waals surface area contributed by atoms with E-state index in [1.165, 1.54) is 10.8 Å². The van der Waals surface area contributed by atoms with Crippen LogP contribution in [0.5, 0.6) is 23.0 Å². The summed E-state index contributed by atoms with van der Waals surface area (Å²) in [4.78, 5) is 4.58. The van der Waals surface area contributed by atoms with E-state index in [1.54, 1.807) is 0 Å². The van der Waals surface area contributed by atoms with Crippen molar-refractivity contribution in [1.82, 2.24) is 0 Å². The lowest BCUT2D eigenvalue weighted by atomic mass is 9.98. The van der Waals surface area contributed by atoms with E-state index in [0.717, 1.165) is 82.8 Å². The minimum atomic E-state index is 0.590. The zero-order valence-corrected chi connectivity index (χ0v) is 30.3. The summed E-state index contributed by atoms with van der Waals surface area (Å²) >= 11 is 0. The highest BCUT2D eigenvalue weighted by molar-refractivity contribution is 5.99. The van der Waals surface area contributed by atoms with E-state index < -0.39 is 0 Å². The van der Waals surface area contributed by atoms with Gasteiger partial charge in [-0.3, -0.25) is 0 Å². The number of benzene rings is 4. The fraction of sp³-hybridized carbons (Fsp3) is 0.381. The molecule has 0 N–H and O–H groups in total. The van der Waals surface area contributed by atoms with Gasteiger partial charge in [0.15, 0.2) is 0 Å². The van der Waals surface area contributed by atoms with Gasteiger partial charge < -0.3 is 28.7 Å². The number of hydrogen-bond acceptors (Lipinski definition) is 6. The van der Waals surface area contributed by atoms with Crippen molar-refractivity contribution in [2.75, 3.05) is 62.4 Å². The fourth-order valence-corrected chi connectivity index (χ4v) is 6.18. The molecule has 6 heteroatoms. The van der Waals surface area contributed by atoms with Crippen molar-refractivity contribution in [2.24, 2.45) is 0 Å². The summed E-state index contributed by atoms with van der Waals surface area (Å²) in [5.41, 5.74) is 6.40. The van der Waals surface area contributed by atoms with E-state index in [0.29, 0.717) is 26.4 Å². The van der Waals surface area contributed by atoms with E-state index in [1.807, 2.05) is 27.7 Å². The highest BCUT2D eigenvalue weighted by Gasteiger charge is 2.19. The monoisotopic (exact) mass is 650 g/mol. The van der Waals surface area contributed by atoms with Crippen molar-refractivity contribution >= 4 is 46.5 Å². The molecule has 0 atom stereocenters. The number of hydrogen-bond donors (Lipinski definition) is 0. The minimum absolute atomic E-state index is 0.590. The number of nitrogens with zero attached hydrogens (tertiary/aromatic N) is 2. The van der Waals surface area contributed by atoms with E-state index in [2.05, 4.69) is 122 Å². The predicted molar refractivity (Wildman–Crippen MR) is 206 cm³/mol. The Hall–Kier alpha value is -4.58. The summed E-state index contributed by atoms with van der Waals surface area (Å²) in [6.45, 7) is 22.6. The Labute approximate surface area is 288 Å². The third-order valence-corrected chi connectivity index (χ3v) is 8.38. The SMILES string of the molecule is CCOc1cc(/C=C/c2cccc3c(/C=C/c4cc(OCC)c(N(CC)CC)c(OCC)c4)cccc23)cc(OCC)c1N(CC)CC. The van der Waals surface area contributed by atoms with Crippen LogP contribution < -0.4 is 28.7 Å². The Balaban J connectivity index is 1.73. The molecule has 48 heavy (non-hydrogen) atoms. The molecule has 0 spiro atoms. The van der Waals surface area contributed by atoms with E-state index in [9.17, 15) is 0 Å². The molecular formula is C42H54N2O4. The normalized spacial score (nSPS) is 11.4. The molecule has 6 nitrogen and oxygen atoms in total. The van der Waals surface area contributed by atoms with Gasteiger partial charge in [-0.15, -0.1) is 0 Å². The summed E-state index contributed by atoms with van der Waals surface area (Å²) in [6.07, 6.45) is 8.66.